The first-order valence-electron chi connectivity index (χ1n) is 13.1. The summed E-state index contributed by atoms with van der Waals surface area (Å²) in [5, 5.41) is 9.43. The zero-order valence-corrected chi connectivity index (χ0v) is 22.6. The average Bonchev–Trinajstić information content (AvgIpc) is 2.96. The Morgan fingerprint density at radius 3 is 2.41 bits per heavy atom. The first-order chi connectivity index (χ1) is 19.5. The zero-order valence-electron chi connectivity index (χ0n) is 22.6. The van der Waals surface area contributed by atoms with Crippen molar-refractivity contribution >= 4 is 16.9 Å². The Morgan fingerprint density at radius 2 is 1.80 bits per heavy atom. The van der Waals surface area contributed by atoms with Crippen molar-refractivity contribution in [1.29, 1.82) is 5.26 Å². The average molecular weight is 566 g/mol. The molecule has 3 aromatic heterocycles. The third kappa shape index (κ3) is 5.37. The van der Waals surface area contributed by atoms with E-state index < -0.39 is 29.3 Å². The minimum Gasteiger partial charge on any atom is -0.349 e. The SMILES string of the molecule is CC[C@@H]1CN(c2nc(=O)n(C)c3ccc(C#N)nc23)[C@@H](C)CN1[C@@H](c1ccc(F)cc1)c1ccc(C(F)(F)F)cn1. The molecule has 0 saturated carbocycles. The lowest BCUT2D eigenvalue weighted by Crippen LogP contribution is -2.59. The van der Waals surface area contributed by atoms with Gasteiger partial charge in [0.05, 0.1) is 22.8 Å². The summed E-state index contributed by atoms with van der Waals surface area (Å²) in [7, 11) is 1.59. The van der Waals surface area contributed by atoms with E-state index in [0.717, 1.165) is 12.3 Å². The summed E-state index contributed by atoms with van der Waals surface area (Å²) in [5.74, 6) is -0.0530. The van der Waals surface area contributed by atoms with E-state index in [1.54, 1.807) is 31.3 Å². The van der Waals surface area contributed by atoms with Crippen LogP contribution in [0.4, 0.5) is 23.4 Å². The van der Waals surface area contributed by atoms with Crippen molar-refractivity contribution in [2.75, 3.05) is 18.0 Å². The minimum atomic E-state index is -4.52. The van der Waals surface area contributed by atoms with Gasteiger partial charge >= 0.3 is 11.9 Å². The molecule has 4 heterocycles. The quantitative estimate of drug-likeness (QED) is 0.320. The molecule has 12 heteroatoms. The molecule has 0 N–H and O–H groups in total. The molecule has 5 rings (SSSR count). The molecule has 1 aliphatic heterocycles. The van der Waals surface area contributed by atoms with Crippen molar-refractivity contribution in [3.8, 4) is 6.07 Å². The van der Waals surface area contributed by atoms with Gasteiger partial charge in [0.1, 0.15) is 23.1 Å². The standard InChI is InChI=1S/C29H27F4N7O/c1-4-22-16-39(27-25-24(38(3)28(41)37-27)12-10-21(13-34)36-25)17(2)15-40(22)26(18-5-8-20(30)9-6-18)23-11-7-19(14-35-23)29(31,32)33/h5-12,14,17,22,26H,4,15-16H2,1-3H3/t17-,22+,26-/m0/s1. The molecule has 4 aromatic rings. The van der Waals surface area contributed by atoms with Gasteiger partial charge in [-0.25, -0.2) is 14.2 Å². The summed E-state index contributed by atoms with van der Waals surface area (Å²) in [5.41, 5.74) is 0.955. The lowest BCUT2D eigenvalue weighted by Gasteiger charge is -2.48. The monoisotopic (exact) mass is 565 g/mol. The van der Waals surface area contributed by atoms with Crippen molar-refractivity contribution in [3.63, 3.8) is 0 Å². The maximum absolute atomic E-state index is 13.8. The first-order valence-corrected chi connectivity index (χ1v) is 13.1. The zero-order chi connectivity index (χ0) is 29.5. The Balaban J connectivity index is 1.57. The van der Waals surface area contributed by atoms with Crippen LogP contribution in [-0.4, -0.2) is 49.6 Å². The summed E-state index contributed by atoms with van der Waals surface area (Å²) in [6.07, 6.45) is -3.05. The number of piperazine rings is 1. The molecule has 0 amide bonds. The highest BCUT2D eigenvalue weighted by Crippen LogP contribution is 2.37. The van der Waals surface area contributed by atoms with E-state index in [4.69, 9.17) is 0 Å². The molecule has 1 aliphatic rings. The molecule has 41 heavy (non-hydrogen) atoms. The van der Waals surface area contributed by atoms with Crippen molar-refractivity contribution in [2.24, 2.45) is 7.05 Å². The van der Waals surface area contributed by atoms with Crippen LogP contribution >= 0.6 is 0 Å². The second kappa shape index (κ2) is 10.9. The summed E-state index contributed by atoms with van der Waals surface area (Å²) >= 11 is 0. The third-order valence-corrected chi connectivity index (χ3v) is 7.59. The number of hydrogen-bond donors (Lipinski definition) is 0. The van der Waals surface area contributed by atoms with Crippen LogP contribution in [0.1, 0.15) is 48.8 Å². The third-order valence-electron chi connectivity index (χ3n) is 7.59. The van der Waals surface area contributed by atoms with E-state index in [1.165, 1.54) is 22.8 Å². The Morgan fingerprint density at radius 1 is 1.07 bits per heavy atom. The Kier molecular flexibility index (Phi) is 7.48. The van der Waals surface area contributed by atoms with Gasteiger partial charge in [0.25, 0.3) is 0 Å². The number of aryl methyl sites for hydroxylation is 1. The smallest absolute Gasteiger partial charge is 0.349 e. The van der Waals surface area contributed by atoms with Crippen LogP contribution in [0.5, 0.6) is 0 Å². The summed E-state index contributed by atoms with van der Waals surface area (Å²) < 4.78 is 55.1. The molecule has 8 nitrogen and oxygen atoms in total. The van der Waals surface area contributed by atoms with Gasteiger partial charge in [0.2, 0.25) is 0 Å². The number of aromatic nitrogens is 4. The predicted octanol–water partition coefficient (Wildman–Crippen LogP) is 4.83. The van der Waals surface area contributed by atoms with Crippen LogP contribution in [0.3, 0.4) is 0 Å². The van der Waals surface area contributed by atoms with Crippen LogP contribution in [-0.2, 0) is 13.2 Å². The first kappa shape index (κ1) is 28.2. The molecule has 3 atom stereocenters. The van der Waals surface area contributed by atoms with Crippen LogP contribution < -0.4 is 10.6 Å². The maximum atomic E-state index is 13.8. The van der Waals surface area contributed by atoms with Crippen LogP contribution in [0.25, 0.3) is 11.0 Å². The molecule has 0 radical (unpaired) electrons. The fraction of sp³-hybridized carbons (Fsp3) is 0.345. The van der Waals surface area contributed by atoms with E-state index in [2.05, 4.69) is 19.9 Å². The molecule has 212 valence electrons. The topological polar surface area (TPSA) is 90.9 Å². The Labute approximate surface area is 233 Å². The van der Waals surface area contributed by atoms with E-state index >= 15 is 0 Å². The molecule has 0 bridgehead atoms. The molecular weight excluding hydrogens is 538 g/mol. The number of benzene rings is 1. The Bertz CT molecular complexity index is 1660. The van der Waals surface area contributed by atoms with Gasteiger partial charge in [0.15, 0.2) is 5.82 Å². The Hall–Kier alpha value is -4.37. The molecular formula is C29H27F4N7O. The maximum Gasteiger partial charge on any atom is 0.417 e. The van der Waals surface area contributed by atoms with Crippen LogP contribution in [0, 0.1) is 17.1 Å². The normalized spacial score (nSPS) is 18.8. The van der Waals surface area contributed by atoms with Crippen LogP contribution in [0.2, 0.25) is 0 Å². The summed E-state index contributed by atoms with van der Waals surface area (Å²) in [6.45, 7) is 4.80. The lowest BCUT2D eigenvalue weighted by molar-refractivity contribution is -0.137. The van der Waals surface area contributed by atoms with Gasteiger partial charge < -0.3 is 4.90 Å². The van der Waals surface area contributed by atoms with Gasteiger partial charge in [-0.3, -0.25) is 14.5 Å². The van der Waals surface area contributed by atoms with Gasteiger partial charge in [-0.2, -0.15) is 23.4 Å². The van der Waals surface area contributed by atoms with E-state index in [0.29, 0.717) is 47.6 Å². The fourth-order valence-electron chi connectivity index (χ4n) is 5.42. The van der Waals surface area contributed by atoms with E-state index in [1.807, 2.05) is 24.8 Å². The van der Waals surface area contributed by atoms with Gasteiger partial charge in [0, 0.05) is 38.4 Å². The van der Waals surface area contributed by atoms with Crippen molar-refractivity contribution in [1.82, 2.24) is 24.4 Å². The molecule has 0 unspecified atom stereocenters. The van der Waals surface area contributed by atoms with Gasteiger partial charge in [-0.15, -0.1) is 0 Å². The summed E-state index contributed by atoms with van der Waals surface area (Å²) in [6, 6.07) is 12.6. The second-order valence-corrected chi connectivity index (χ2v) is 10.1. The number of anilines is 1. The van der Waals surface area contributed by atoms with Crippen LogP contribution in [0.15, 0.2) is 59.5 Å². The molecule has 1 saturated heterocycles. The molecule has 1 fully saturated rings. The number of alkyl halides is 3. The highest BCUT2D eigenvalue weighted by Gasteiger charge is 2.39. The molecule has 1 aromatic carbocycles. The summed E-state index contributed by atoms with van der Waals surface area (Å²) in [4.78, 5) is 29.9. The predicted molar refractivity (Wildman–Crippen MR) is 145 cm³/mol. The fourth-order valence-corrected chi connectivity index (χ4v) is 5.42. The van der Waals surface area contributed by atoms with E-state index in [9.17, 15) is 27.6 Å². The van der Waals surface area contributed by atoms with E-state index in [-0.39, 0.29) is 17.8 Å². The minimum absolute atomic E-state index is 0.148. The molecule has 0 spiro atoms. The highest BCUT2D eigenvalue weighted by molar-refractivity contribution is 5.86. The second-order valence-electron chi connectivity index (χ2n) is 10.1. The largest absolute Gasteiger partial charge is 0.417 e. The van der Waals surface area contributed by atoms with Crippen molar-refractivity contribution < 1.29 is 17.6 Å². The lowest BCUT2D eigenvalue weighted by atomic mass is 9.95. The van der Waals surface area contributed by atoms with Crippen molar-refractivity contribution in [3.05, 3.63) is 93.5 Å². The number of fused-ring (bicyclic) bond motifs is 1. The molecule has 0 aliphatic carbocycles. The number of hydrogen-bond acceptors (Lipinski definition) is 7. The van der Waals surface area contributed by atoms with Gasteiger partial charge in [-0.05, 0) is 55.3 Å². The number of halogens is 4. The number of rotatable bonds is 5. The number of pyridine rings is 2. The highest BCUT2D eigenvalue weighted by atomic mass is 19.4. The number of nitrogens with zero attached hydrogens (tertiary/aromatic N) is 7. The van der Waals surface area contributed by atoms with Crippen molar-refractivity contribution in [2.45, 2.75) is 44.6 Å². The number of nitriles is 1. The van der Waals surface area contributed by atoms with Gasteiger partial charge in [-0.1, -0.05) is 19.1 Å².